The third-order valence-electron chi connectivity index (χ3n) is 2.56. The van der Waals surface area contributed by atoms with Crippen molar-refractivity contribution in [2.75, 3.05) is 6.54 Å². The lowest BCUT2D eigenvalue weighted by Crippen LogP contribution is -2.04. The van der Waals surface area contributed by atoms with Gasteiger partial charge in [0.2, 0.25) is 0 Å². The van der Waals surface area contributed by atoms with E-state index in [-0.39, 0.29) is 5.82 Å². The van der Waals surface area contributed by atoms with Gasteiger partial charge in [0, 0.05) is 5.02 Å². The SMILES string of the molecule is NCCc1ccc(Cl)cc1Oc1ccc(F)c(Br)c1. The van der Waals surface area contributed by atoms with Gasteiger partial charge in [-0.1, -0.05) is 17.7 Å². The molecule has 0 heterocycles. The molecule has 2 N–H and O–H groups in total. The lowest BCUT2D eigenvalue weighted by molar-refractivity contribution is 0.473. The molecule has 0 radical (unpaired) electrons. The van der Waals surface area contributed by atoms with Gasteiger partial charge in [0.05, 0.1) is 4.47 Å². The predicted octanol–water partition coefficient (Wildman–Crippen LogP) is 4.54. The molecule has 0 spiro atoms. The molecule has 2 aromatic rings. The quantitative estimate of drug-likeness (QED) is 0.884. The first kappa shape index (κ1) is 14.3. The molecule has 2 nitrogen and oxygen atoms in total. The largest absolute Gasteiger partial charge is 0.457 e. The molecule has 2 aromatic carbocycles. The van der Waals surface area contributed by atoms with Crippen molar-refractivity contribution in [2.45, 2.75) is 6.42 Å². The molecule has 2 rings (SSSR count). The fourth-order valence-corrected chi connectivity index (χ4v) is 2.17. The number of rotatable bonds is 4. The van der Waals surface area contributed by atoms with Crippen LogP contribution in [-0.4, -0.2) is 6.54 Å². The molecule has 0 saturated heterocycles. The van der Waals surface area contributed by atoms with Crippen LogP contribution < -0.4 is 10.5 Å². The van der Waals surface area contributed by atoms with Crippen molar-refractivity contribution >= 4 is 27.5 Å². The van der Waals surface area contributed by atoms with Gasteiger partial charge in [0.1, 0.15) is 17.3 Å². The van der Waals surface area contributed by atoms with E-state index in [0.717, 1.165) is 5.56 Å². The van der Waals surface area contributed by atoms with Crippen LogP contribution in [0.3, 0.4) is 0 Å². The maximum absolute atomic E-state index is 13.2. The summed E-state index contributed by atoms with van der Waals surface area (Å²) in [6.07, 6.45) is 0.689. The predicted molar refractivity (Wildman–Crippen MR) is 78.4 cm³/mol. The molecule has 0 unspecified atom stereocenters. The Hall–Kier alpha value is -1.10. The Kier molecular flexibility index (Phi) is 4.80. The van der Waals surface area contributed by atoms with E-state index in [9.17, 15) is 4.39 Å². The first-order valence-corrected chi connectivity index (χ1v) is 6.88. The molecule has 0 aromatic heterocycles. The molecule has 0 aliphatic rings. The van der Waals surface area contributed by atoms with Gasteiger partial charge in [-0.3, -0.25) is 0 Å². The minimum atomic E-state index is -0.333. The van der Waals surface area contributed by atoms with Crippen LogP contribution in [0.15, 0.2) is 40.9 Å². The van der Waals surface area contributed by atoms with E-state index in [1.54, 1.807) is 24.3 Å². The van der Waals surface area contributed by atoms with Crippen molar-refractivity contribution in [1.29, 1.82) is 0 Å². The van der Waals surface area contributed by atoms with Crippen LogP contribution in [0.25, 0.3) is 0 Å². The van der Waals surface area contributed by atoms with Gasteiger partial charge in [-0.15, -0.1) is 0 Å². The van der Waals surface area contributed by atoms with Crippen LogP contribution in [-0.2, 0) is 6.42 Å². The standard InChI is InChI=1S/C14H12BrClFNO/c15-12-8-11(3-4-13(12)17)19-14-7-10(16)2-1-9(14)5-6-18/h1-4,7-8H,5-6,18H2. The van der Waals surface area contributed by atoms with E-state index in [1.807, 2.05) is 6.07 Å². The lowest BCUT2D eigenvalue weighted by Gasteiger charge is -2.11. The highest BCUT2D eigenvalue weighted by molar-refractivity contribution is 9.10. The average molecular weight is 345 g/mol. The van der Waals surface area contributed by atoms with Gasteiger partial charge in [-0.25, -0.2) is 4.39 Å². The van der Waals surface area contributed by atoms with E-state index in [4.69, 9.17) is 22.1 Å². The summed E-state index contributed by atoms with van der Waals surface area (Å²) in [5.74, 6) is 0.839. The molecule has 100 valence electrons. The minimum absolute atomic E-state index is 0.333. The second-order valence-corrected chi connectivity index (χ2v) is 5.26. The van der Waals surface area contributed by atoms with Crippen molar-refractivity contribution in [1.82, 2.24) is 0 Å². The Labute approximate surface area is 124 Å². The monoisotopic (exact) mass is 343 g/mol. The van der Waals surface area contributed by atoms with Crippen LogP contribution in [0.1, 0.15) is 5.56 Å². The van der Waals surface area contributed by atoms with Gasteiger partial charge in [0.25, 0.3) is 0 Å². The van der Waals surface area contributed by atoms with Crippen LogP contribution >= 0.6 is 27.5 Å². The van der Waals surface area contributed by atoms with Gasteiger partial charge < -0.3 is 10.5 Å². The Morgan fingerprint density at radius 2 is 2.00 bits per heavy atom. The minimum Gasteiger partial charge on any atom is -0.457 e. The molecule has 0 aliphatic heterocycles. The molecule has 5 heteroatoms. The Bertz CT molecular complexity index is 592. The van der Waals surface area contributed by atoms with Gasteiger partial charge in [-0.05, 0) is 64.8 Å². The normalized spacial score (nSPS) is 10.5. The molecule has 0 atom stereocenters. The van der Waals surface area contributed by atoms with Gasteiger partial charge in [-0.2, -0.15) is 0 Å². The average Bonchev–Trinajstić information content (AvgIpc) is 2.37. The van der Waals surface area contributed by atoms with Crippen molar-refractivity contribution in [3.63, 3.8) is 0 Å². The fourth-order valence-electron chi connectivity index (χ4n) is 1.65. The maximum Gasteiger partial charge on any atom is 0.137 e. The Morgan fingerprint density at radius 3 is 2.68 bits per heavy atom. The van der Waals surface area contributed by atoms with Crippen LogP contribution in [0.4, 0.5) is 4.39 Å². The van der Waals surface area contributed by atoms with Crippen molar-refractivity contribution in [2.24, 2.45) is 5.73 Å². The highest BCUT2D eigenvalue weighted by atomic mass is 79.9. The van der Waals surface area contributed by atoms with E-state index >= 15 is 0 Å². The highest BCUT2D eigenvalue weighted by Gasteiger charge is 2.07. The highest BCUT2D eigenvalue weighted by Crippen LogP contribution is 2.30. The smallest absolute Gasteiger partial charge is 0.137 e. The van der Waals surface area contributed by atoms with Crippen LogP contribution in [0.2, 0.25) is 5.02 Å². The molecular formula is C14H12BrClFNO. The summed E-state index contributed by atoms with van der Waals surface area (Å²) < 4.78 is 19.3. The fraction of sp³-hybridized carbons (Fsp3) is 0.143. The Morgan fingerprint density at radius 1 is 1.21 bits per heavy atom. The van der Waals surface area contributed by atoms with E-state index in [2.05, 4.69) is 15.9 Å². The second-order valence-electron chi connectivity index (χ2n) is 3.97. The third-order valence-corrected chi connectivity index (χ3v) is 3.40. The summed E-state index contributed by atoms with van der Waals surface area (Å²) in [6.45, 7) is 0.519. The summed E-state index contributed by atoms with van der Waals surface area (Å²) in [5, 5.41) is 0.581. The van der Waals surface area contributed by atoms with Crippen molar-refractivity contribution in [3.05, 3.63) is 57.3 Å². The number of hydrogen-bond acceptors (Lipinski definition) is 2. The van der Waals surface area contributed by atoms with Gasteiger partial charge in [0.15, 0.2) is 0 Å². The molecule has 0 saturated carbocycles. The van der Waals surface area contributed by atoms with E-state index in [1.165, 1.54) is 6.07 Å². The summed E-state index contributed by atoms with van der Waals surface area (Å²) >= 11 is 9.08. The number of hydrogen-bond donors (Lipinski definition) is 1. The Balaban J connectivity index is 2.30. The first-order valence-electron chi connectivity index (χ1n) is 5.71. The molecule has 0 aliphatic carbocycles. The summed E-state index contributed by atoms with van der Waals surface area (Å²) in [6, 6.07) is 9.87. The number of halogens is 3. The maximum atomic E-state index is 13.2. The zero-order chi connectivity index (χ0) is 13.8. The molecule has 0 amide bonds. The summed E-state index contributed by atoms with van der Waals surface area (Å²) in [7, 11) is 0. The van der Waals surface area contributed by atoms with Gasteiger partial charge >= 0.3 is 0 Å². The number of nitrogens with two attached hydrogens (primary N) is 1. The molecule has 0 bridgehead atoms. The number of benzene rings is 2. The van der Waals surface area contributed by atoms with Crippen LogP contribution in [0, 0.1) is 5.82 Å². The summed E-state index contributed by atoms with van der Waals surface area (Å²) in [4.78, 5) is 0. The van der Waals surface area contributed by atoms with E-state index in [0.29, 0.717) is 34.0 Å². The van der Waals surface area contributed by atoms with Crippen molar-refractivity contribution < 1.29 is 9.13 Å². The third kappa shape index (κ3) is 3.69. The van der Waals surface area contributed by atoms with Crippen LogP contribution in [0.5, 0.6) is 11.5 Å². The lowest BCUT2D eigenvalue weighted by atomic mass is 10.1. The molecular weight excluding hydrogens is 333 g/mol. The molecule has 19 heavy (non-hydrogen) atoms. The van der Waals surface area contributed by atoms with E-state index < -0.39 is 0 Å². The summed E-state index contributed by atoms with van der Waals surface area (Å²) in [5.41, 5.74) is 6.52. The zero-order valence-corrected chi connectivity index (χ0v) is 12.3. The topological polar surface area (TPSA) is 35.2 Å². The first-order chi connectivity index (χ1) is 9.10. The molecule has 0 fully saturated rings. The number of ether oxygens (including phenoxy) is 1. The zero-order valence-electron chi connectivity index (χ0n) is 10.00. The second kappa shape index (κ2) is 6.37. The van der Waals surface area contributed by atoms with Crippen molar-refractivity contribution in [3.8, 4) is 11.5 Å².